The van der Waals surface area contributed by atoms with Gasteiger partial charge in [0.05, 0.1) is 10.7 Å². The number of carbonyl (C=O) groups excluding carboxylic acids is 1. The maximum absolute atomic E-state index is 12.5. The van der Waals surface area contributed by atoms with Crippen molar-refractivity contribution in [2.45, 2.75) is 13.8 Å². The van der Waals surface area contributed by atoms with Crippen LogP contribution in [0.5, 0.6) is 11.5 Å². The van der Waals surface area contributed by atoms with Gasteiger partial charge in [-0.25, -0.2) is 0 Å². The molecule has 3 aromatic rings. The molecule has 4 rings (SSSR count). The van der Waals surface area contributed by atoms with E-state index in [1.54, 1.807) is 18.2 Å². The molecule has 0 aliphatic carbocycles. The van der Waals surface area contributed by atoms with Crippen molar-refractivity contribution in [3.05, 3.63) is 64.3 Å². The summed E-state index contributed by atoms with van der Waals surface area (Å²) in [5.74, 6) is 1.49. The lowest BCUT2D eigenvalue weighted by atomic mass is 10.1. The van der Waals surface area contributed by atoms with E-state index in [0.717, 1.165) is 16.8 Å². The van der Waals surface area contributed by atoms with E-state index < -0.39 is 0 Å². The normalized spacial score (nSPS) is 12.0. The number of aromatic nitrogens is 2. The Kier molecular flexibility index (Phi) is 4.75. The lowest BCUT2D eigenvalue weighted by Gasteiger charge is -2.11. The molecule has 0 radical (unpaired) electrons. The lowest BCUT2D eigenvalue weighted by Crippen LogP contribution is -2.15. The van der Waals surface area contributed by atoms with E-state index in [0.29, 0.717) is 28.0 Å². The van der Waals surface area contributed by atoms with Crippen LogP contribution in [0.4, 0.5) is 17.2 Å². The summed E-state index contributed by atoms with van der Waals surface area (Å²) >= 11 is 6.24. The molecule has 0 spiro atoms. The van der Waals surface area contributed by atoms with Crippen molar-refractivity contribution in [3.63, 3.8) is 0 Å². The molecule has 8 heteroatoms. The highest BCUT2D eigenvalue weighted by atomic mass is 35.5. The number of nitrogens with one attached hydrogen (secondary N) is 2. The van der Waals surface area contributed by atoms with Crippen molar-refractivity contribution >= 4 is 34.7 Å². The number of halogens is 1. The highest BCUT2D eigenvalue weighted by Crippen LogP contribution is 2.35. The van der Waals surface area contributed by atoms with Crippen LogP contribution in [0.25, 0.3) is 0 Å². The highest BCUT2D eigenvalue weighted by Gasteiger charge is 2.15. The van der Waals surface area contributed by atoms with Crippen molar-refractivity contribution in [1.29, 1.82) is 0 Å². The third-order valence-electron chi connectivity index (χ3n) is 4.21. The van der Waals surface area contributed by atoms with Gasteiger partial charge in [-0.05, 0) is 55.3 Å². The van der Waals surface area contributed by atoms with Crippen LogP contribution in [0, 0.1) is 13.8 Å². The van der Waals surface area contributed by atoms with E-state index in [1.807, 2.05) is 38.1 Å². The molecule has 1 aliphatic heterocycles. The molecule has 7 nitrogen and oxygen atoms in total. The Labute approximate surface area is 166 Å². The Balaban J connectivity index is 1.46. The maximum atomic E-state index is 12.5. The molecule has 1 aromatic heterocycles. The van der Waals surface area contributed by atoms with Crippen LogP contribution >= 0.6 is 11.6 Å². The number of benzene rings is 2. The number of hydrogen-bond acceptors (Lipinski definition) is 6. The van der Waals surface area contributed by atoms with E-state index in [1.165, 1.54) is 0 Å². The first-order valence-electron chi connectivity index (χ1n) is 8.58. The third kappa shape index (κ3) is 3.70. The third-order valence-corrected chi connectivity index (χ3v) is 4.51. The quantitative estimate of drug-likeness (QED) is 0.676. The largest absolute Gasteiger partial charge is 0.454 e. The molecule has 2 aromatic carbocycles. The minimum Gasteiger partial charge on any atom is -0.454 e. The van der Waals surface area contributed by atoms with E-state index in [2.05, 4.69) is 20.8 Å². The van der Waals surface area contributed by atoms with Gasteiger partial charge in [-0.2, -0.15) is 0 Å². The predicted molar refractivity (Wildman–Crippen MR) is 107 cm³/mol. The number of hydrogen-bond donors (Lipinski definition) is 2. The molecule has 2 heterocycles. The maximum Gasteiger partial charge on any atom is 0.276 e. The first kappa shape index (κ1) is 18.1. The van der Waals surface area contributed by atoms with Crippen molar-refractivity contribution in [2.75, 3.05) is 17.4 Å². The van der Waals surface area contributed by atoms with Gasteiger partial charge in [0.25, 0.3) is 5.91 Å². The predicted octanol–water partition coefficient (Wildman–Crippen LogP) is 4.47. The van der Waals surface area contributed by atoms with E-state index in [9.17, 15) is 4.79 Å². The number of ether oxygens (including phenoxy) is 2. The molecule has 0 atom stereocenters. The van der Waals surface area contributed by atoms with E-state index in [4.69, 9.17) is 21.1 Å². The molecular formula is C20H17ClN4O3. The Morgan fingerprint density at radius 2 is 1.86 bits per heavy atom. The van der Waals surface area contributed by atoms with Gasteiger partial charge in [-0.1, -0.05) is 17.7 Å². The summed E-state index contributed by atoms with van der Waals surface area (Å²) in [5.41, 5.74) is 3.44. The lowest BCUT2D eigenvalue weighted by molar-refractivity contribution is 0.102. The highest BCUT2D eigenvalue weighted by molar-refractivity contribution is 6.34. The molecule has 0 bridgehead atoms. The Morgan fingerprint density at radius 3 is 2.61 bits per heavy atom. The number of aryl methyl sites for hydroxylation is 2. The molecule has 1 aliphatic rings. The minimum atomic E-state index is -0.379. The molecule has 2 N–H and O–H groups in total. The molecule has 1 amide bonds. The Hall–Kier alpha value is -3.32. The summed E-state index contributed by atoms with van der Waals surface area (Å²) < 4.78 is 10.6. The van der Waals surface area contributed by atoms with Gasteiger partial charge in [0.15, 0.2) is 23.0 Å². The first-order chi connectivity index (χ1) is 13.5. The topological polar surface area (TPSA) is 85.4 Å². The number of amides is 1. The summed E-state index contributed by atoms with van der Waals surface area (Å²) in [5, 5.41) is 14.5. The van der Waals surface area contributed by atoms with E-state index in [-0.39, 0.29) is 18.4 Å². The van der Waals surface area contributed by atoms with Crippen LogP contribution in [0.2, 0.25) is 5.02 Å². The van der Waals surface area contributed by atoms with Crippen LogP contribution in [-0.2, 0) is 0 Å². The van der Waals surface area contributed by atoms with Crippen LogP contribution in [0.15, 0.2) is 42.5 Å². The zero-order valence-corrected chi connectivity index (χ0v) is 16.0. The molecule has 0 saturated heterocycles. The molecule has 0 saturated carbocycles. The number of fused-ring (bicyclic) bond motifs is 1. The smallest absolute Gasteiger partial charge is 0.276 e. The fourth-order valence-corrected chi connectivity index (χ4v) is 3.26. The van der Waals surface area contributed by atoms with Crippen LogP contribution in [-0.4, -0.2) is 22.9 Å². The second kappa shape index (κ2) is 7.36. The molecule has 142 valence electrons. The number of carbonyl (C=O) groups is 1. The van der Waals surface area contributed by atoms with Crippen molar-refractivity contribution < 1.29 is 14.3 Å². The van der Waals surface area contributed by atoms with Crippen molar-refractivity contribution in [1.82, 2.24) is 10.2 Å². The van der Waals surface area contributed by atoms with Crippen LogP contribution in [0.3, 0.4) is 0 Å². The second-order valence-corrected chi connectivity index (χ2v) is 6.80. The van der Waals surface area contributed by atoms with Crippen LogP contribution in [0.1, 0.15) is 21.6 Å². The van der Waals surface area contributed by atoms with E-state index >= 15 is 0 Å². The summed E-state index contributed by atoms with van der Waals surface area (Å²) in [4.78, 5) is 12.5. The average Bonchev–Trinajstić information content (AvgIpc) is 3.13. The monoisotopic (exact) mass is 396 g/mol. The van der Waals surface area contributed by atoms with Gasteiger partial charge in [0.2, 0.25) is 6.79 Å². The molecule has 0 unspecified atom stereocenters. The SMILES string of the molecule is Cc1cc(C)c(NC(=O)c2ccc(Nc3ccc4c(c3)OCO4)nn2)c(Cl)c1. The van der Waals surface area contributed by atoms with Gasteiger partial charge < -0.3 is 20.1 Å². The second-order valence-electron chi connectivity index (χ2n) is 6.39. The van der Waals surface area contributed by atoms with Gasteiger partial charge in [0.1, 0.15) is 0 Å². The fraction of sp³-hybridized carbons (Fsp3) is 0.150. The average molecular weight is 397 g/mol. The summed E-state index contributed by atoms with van der Waals surface area (Å²) in [6, 6.07) is 12.5. The number of anilines is 3. The zero-order chi connectivity index (χ0) is 19.7. The Bertz CT molecular complexity index is 1030. The first-order valence-corrected chi connectivity index (χ1v) is 8.96. The molecular weight excluding hydrogens is 380 g/mol. The minimum absolute atomic E-state index is 0.187. The zero-order valence-electron chi connectivity index (χ0n) is 15.2. The van der Waals surface area contributed by atoms with Gasteiger partial charge >= 0.3 is 0 Å². The molecule has 0 fully saturated rings. The van der Waals surface area contributed by atoms with Crippen LogP contribution < -0.4 is 20.1 Å². The summed E-state index contributed by atoms with van der Waals surface area (Å²) in [7, 11) is 0. The van der Waals surface area contributed by atoms with Gasteiger partial charge in [-0.3, -0.25) is 4.79 Å². The van der Waals surface area contributed by atoms with Gasteiger partial charge in [0, 0.05) is 11.8 Å². The fourth-order valence-electron chi connectivity index (χ4n) is 2.89. The number of nitrogens with zero attached hydrogens (tertiary/aromatic N) is 2. The standard InChI is InChI=1S/C20H17ClN4O3/c1-11-7-12(2)19(14(21)8-11)23-20(26)15-4-6-18(25-24-15)22-13-3-5-16-17(9-13)28-10-27-16/h3-9H,10H2,1-2H3,(H,22,25)(H,23,26). The van der Waals surface area contributed by atoms with Gasteiger partial charge in [-0.15, -0.1) is 10.2 Å². The van der Waals surface area contributed by atoms with Crippen molar-refractivity contribution in [3.8, 4) is 11.5 Å². The summed E-state index contributed by atoms with van der Waals surface area (Å²) in [6.07, 6.45) is 0. The summed E-state index contributed by atoms with van der Waals surface area (Å²) in [6.45, 7) is 4.05. The Morgan fingerprint density at radius 1 is 1.04 bits per heavy atom. The number of rotatable bonds is 4. The molecule has 28 heavy (non-hydrogen) atoms. The van der Waals surface area contributed by atoms with Crippen molar-refractivity contribution in [2.24, 2.45) is 0 Å².